The molecular weight excluding hydrogens is 556 g/mol. The van der Waals surface area contributed by atoms with Crippen molar-refractivity contribution in [2.75, 3.05) is 17.1 Å². The summed E-state index contributed by atoms with van der Waals surface area (Å²) in [4.78, 5) is 27.8. The Bertz CT molecular complexity index is 1220. The number of anilines is 1. The van der Waals surface area contributed by atoms with Gasteiger partial charge in [0.25, 0.3) is 0 Å². The fraction of sp³-hybridized carbons (Fsp3) is 0.391. The number of halogens is 4. The maximum absolute atomic E-state index is 13.5. The molecule has 192 valence electrons. The smallest absolute Gasteiger partial charge is 0.244 e. The van der Waals surface area contributed by atoms with Crippen molar-refractivity contribution < 1.29 is 18.0 Å². The fourth-order valence-electron chi connectivity index (χ4n) is 3.16. The summed E-state index contributed by atoms with van der Waals surface area (Å²) in [5, 5.41) is 3.81. The molecular formula is C23H27Cl4N3O4S. The third-order valence-electron chi connectivity index (χ3n) is 4.86. The maximum atomic E-state index is 13.5. The second-order valence-corrected chi connectivity index (χ2v) is 12.6. The van der Waals surface area contributed by atoms with Gasteiger partial charge in [-0.25, -0.2) is 8.42 Å². The molecule has 0 fully saturated rings. The van der Waals surface area contributed by atoms with Crippen LogP contribution in [-0.2, 0) is 26.2 Å². The van der Waals surface area contributed by atoms with E-state index in [1.54, 1.807) is 25.1 Å². The van der Waals surface area contributed by atoms with E-state index in [9.17, 15) is 18.0 Å². The van der Waals surface area contributed by atoms with Crippen LogP contribution in [0.25, 0.3) is 0 Å². The fourth-order valence-corrected chi connectivity index (χ4v) is 4.77. The summed E-state index contributed by atoms with van der Waals surface area (Å²) in [5.41, 5.74) is 0.114. The van der Waals surface area contributed by atoms with Gasteiger partial charge in [0.15, 0.2) is 0 Å². The molecule has 0 saturated carbocycles. The van der Waals surface area contributed by atoms with Gasteiger partial charge in [-0.05, 0) is 63.6 Å². The maximum Gasteiger partial charge on any atom is 0.244 e. The van der Waals surface area contributed by atoms with E-state index in [-0.39, 0.29) is 27.3 Å². The van der Waals surface area contributed by atoms with Crippen LogP contribution in [0.5, 0.6) is 0 Å². The first-order valence-electron chi connectivity index (χ1n) is 10.5. The molecule has 0 aliphatic heterocycles. The lowest BCUT2D eigenvalue weighted by atomic mass is 10.1. The van der Waals surface area contributed by atoms with Crippen LogP contribution < -0.4 is 9.62 Å². The Kier molecular flexibility index (Phi) is 9.75. The first kappa shape index (κ1) is 29.5. The predicted octanol–water partition coefficient (Wildman–Crippen LogP) is 5.40. The molecule has 2 amide bonds. The summed E-state index contributed by atoms with van der Waals surface area (Å²) < 4.78 is 26.1. The largest absolute Gasteiger partial charge is 0.350 e. The molecule has 1 atom stereocenters. The molecule has 0 bridgehead atoms. The zero-order valence-electron chi connectivity index (χ0n) is 19.9. The van der Waals surface area contributed by atoms with Crippen LogP contribution in [0.15, 0.2) is 36.4 Å². The minimum atomic E-state index is -3.94. The third kappa shape index (κ3) is 8.43. The standard InChI is InChI=1S/C23H27Cl4N3O4S/c1-14(22(32)28-23(2,3)4)29(12-15-6-8-17(25)19(27)10-15)21(31)13-30(35(5,33)34)20-11-16(24)7-9-18(20)26/h6-11,14H,12-13H2,1-5H3,(H,28,32)/t14-/m1/s1. The van der Waals surface area contributed by atoms with E-state index >= 15 is 0 Å². The summed E-state index contributed by atoms with van der Waals surface area (Å²) in [6, 6.07) is 8.20. The van der Waals surface area contributed by atoms with Gasteiger partial charge in [0, 0.05) is 17.1 Å². The number of rotatable bonds is 8. The van der Waals surface area contributed by atoms with Crippen molar-refractivity contribution in [3.63, 3.8) is 0 Å². The Hall–Kier alpha value is -1.71. The highest BCUT2D eigenvalue weighted by atomic mass is 35.5. The molecule has 0 unspecified atom stereocenters. The van der Waals surface area contributed by atoms with Gasteiger partial charge in [-0.15, -0.1) is 0 Å². The molecule has 0 spiro atoms. The van der Waals surface area contributed by atoms with Crippen LogP contribution in [0, 0.1) is 0 Å². The molecule has 1 N–H and O–H groups in total. The number of sulfonamides is 1. The van der Waals surface area contributed by atoms with Crippen LogP contribution in [0.1, 0.15) is 33.3 Å². The molecule has 0 heterocycles. The second kappa shape index (κ2) is 11.6. The summed E-state index contributed by atoms with van der Waals surface area (Å²) in [6.07, 6.45) is 0.955. The first-order valence-corrected chi connectivity index (χ1v) is 13.8. The zero-order valence-corrected chi connectivity index (χ0v) is 23.7. The number of carbonyl (C=O) groups excluding carboxylic acids is 2. The normalized spacial score (nSPS) is 12.7. The number of hydrogen-bond donors (Lipinski definition) is 1. The van der Waals surface area contributed by atoms with Gasteiger partial charge < -0.3 is 10.2 Å². The highest BCUT2D eigenvalue weighted by Gasteiger charge is 2.32. The van der Waals surface area contributed by atoms with Crippen molar-refractivity contribution in [1.29, 1.82) is 0 Å². The van der Waals surface area contributed by atoms with Crippen molar-refractivity contribution >= 4 is 73.9 Å². The van der Waals surface area contributed by atoms with Gasteiger partial charge in [-0.2, -0.15) is 0 Å². The minimum Gasteiger partial charge on any atom is -0.350 e. The molecule has 2 aromatic carbocycles. The SMILES string of the molecule is C[C@H](C(=O)NC(C)(C)C)N(Cc1ccc(Cl)c(Cl)c1)C(=O)CN(c1cc(Cl)ccc1Cl)S(C)(=O)=O. The third-order valence-corrected chi connectivity index (χ3v) is 7.28. The van der Waals surface area contributed by atoms with Gasteiger partial charge in [0.05, 0.1) is 27.0 Å². The Morgan fingerprint density at radius 1 is 0.971 bits per heavy atom. The number of nitrogens with one attached hydrogen (secondary N) is 1. The van der Waals surface area contributed by atoms with Gasteiger partial charge in [-0.1, -0.05) is 52.5 Å². The predicted molar refractivity (Wildman–Crippen MR) is 143 cm³/mol. The monoisotopic (exact) mass is 581 g/mol. The van der Waals surface area contributed by atoms with E-state index in [4.69, 9.17) is 46.4 Å². The Labute approximate surface area is 226 Å². The van der Waals surface area contributed by atoms with E-state index in [1.807, 2.05) is 20.8 Å². The number of nitrogens with zero attached hydrogens (tertiary/aromatic N) is 2. The van der Waals surface area contributed by atoms with Crippen molar-refractivity contribution in [2.24, 2.45) is 0 Å². The lowest BCUT2D eigenvalue weighted by Gasteiger charge is -2.33. The Balaban J connectivity index is 2.47. The molecule has 12 heteroatoms. The van der Waals surface area contributed by atoms with Crippen LogP contribution in [0.2, 0.25) is 20.1 Å². The number of carbonyl (C=O) groups is 2. The average molecular weight is 583 g/mol. The van der Waals surface area contributed by atoms with E-state index in [0.717, 1.165) is 10.6 Å². The van der Waals surface area contributed by atoms with Crippen molar-refractivity contribution in [3.8, 4) is 0 Å². The van der Waals surface area contributed by atoms with Gasteiger partial charge >= 0.3 is 0 Å². The lowest BCUT2D eigenvalue weighted by molar-refractivity contribution is -0.140. The topological polar surface area (TPSA) is 86.8 Å². The minimum absolute atomic E-state index is 0.0185. The van der Waals surface area contributed by atoms with Crippen molar-refractivity contribution in [2.45, 2.75) is 45.8 Å². The van der Waals surface area contributed by atoms with Crippen LogP contribution in [0.4, 0.5) is 5.69 Å². The number of benzene rings is 2. The molecule has 7 nitrogen and oxygen atoms in total. The summed E-state index contributed by atoms with van der Waals surface area (Å²) in [6.45, 7) is 6.39. The molecule has 0 aliphatic carbocycles. The molecule has 35 heavy (non-hydrogen) atoms. The molecule has 0 radical (unpaired) electrons. The Morgan fingerprint density at radius 3 is 2.11 bits per heavy atom. The van der Waals surface area contributed by atoms with E-state index < -0.39 is 40.0 Å². The summed E-state index contributed by atoms with van der Waals surface area (Å²) in [5.74, 6) is -1.04. The second-order valence-electron chi connectivity index (χ2n) is 9.05. The molecule has 0 saturated heterocycles. The average Bonchev–Trinajstić information content (AvgIpc) is 2.72. The van der Waals surface area contributed by atoms with Gasteiger partial charge in [0.2, 0.25) is 21.8 Å². The molecule has 2 aromatic rings. The number of hydrogen-bond acceptors (Lipinski definition) is 4. The van der Waals surface area contributed by atoms with Crippen LogP contribution in [0.3, 0.4) is 0 Å². The number of amides is 2. The quantitative estimate of drug-likeness (QED) is 0.451. The van der Waals surface area contributed by atoms with Gasteiger partial charge in [0.1, 0.15) is 12.6 Å². The van der Waals surface area contributed by atoms with Crippen LogP contribution in [-0.4, -0.2) is 49.5 Å². The van der Waals surface area contributed by atoms with E-state index in [0.29, 0.717) is 10.6 Å². The highest BCUT2D eigenvalue weighted by Crippen LogP contribution is 2.31. The van der Waals surface area contributed by atoms with Gasteiger partial charge in [-0.3, -0.25) is 13.9 Å². The first-order chi connectivity index (χ1) is 16.0. The summed E-state index contributed by atoms with van der Waals surface area (Å²) in [7, 11) is -3.94. The molecule has 2 rings (SSSR count). The zero-order chi connectivity index (χ0) is 26.7. The lowest BCUT2D eigenvalue weighted by Crippen LogP contribution is -2.54. The summed E-state index contributed by atoms with van der Waals surface area (Å²) >= 11 is 24.4. The highest BCUT2D eigenvalue weighted by molar-refractivity contribution is 7.92. The Morgan fingerprint density at radius 2 is 1.57 bits per heavy atom. The molecule has 0 aromatic heterocycles. The molecule has 0 aliphatic rings. The van der Waals surface area contributed by atoms with Crippen molar-refractivity contribution in [3.05, 3.63) is 62.1 Å². The van der Waals surface area contributed by atoms with Crippen LogP contribution >= 0.6 is 46.4 Å². The van der Waals surface area contributed by atoms with Crippen molar-refractivity contribution in [1.82, 2.24) is 10.2 Å². The van der Waals surface area contributed by atoms with E-state index in [2.05, 4.69) is 5.32 Å². The van der Waals surface area contributed by atoms with E-state index in [1.165, 1.54) is 23.1 Å².